The Morgan fingerprint density at radius 2 is 1.39 bits per heavy atom. The molecule has 1 N–H and O–H groups in total. The molecule has 33 heavy (non-hydrogen) atoms. The van der Waals surface area contributed by atoms with Gasteiger partial charge in [-0.25, -0.2) is 4.98 Å². The molecule has 0 fully saturated rings. The van der Waals surface area contributed by atoms with Crippen molar-refractivity contribution in [1.29, 1.82) is 5.26 Å². The Kier molecular flexibility index (Phi) is 20.0. The summed E-state index contributed by atoms with van der Waals surface area (Å²) in [6, 6.07) is 5.48. The number of aromatic nitrogens is 1. The lowest BCUT2D eigenvalue weighted by molar-refractivity contribution is -0.0503. The summed E-state index contributed by atoms with van der Waals surface area (Å²) in [4.78, 5) is 4.02. The van der Waals surface area contributed by atoms with Crippen molar-refractivity contribution in [2.24, 2.45) is 0 Å². The SMILES string of the molecule is CCCCCCCCCCCCCCCCCCOC[C@H](CO)OCc1ccc(C#N)nc1. The third-order valence-electron chi connectivity index (χ3n) is 6.07. The number of aliphatic hydroxyl groups excluding tert-OH is 1. The summed E-state index contributed by atoms with van der Waals surface area (Å²) in [5, 5.41) is 18.2. The Morgan fingerprint density at radius 3 is 1.85 bits per heavy atom. The second-order valence-electron chi connectivity index (χ2n) is 9.16. The van der Waals surface area contributed by atoms with Crippen LogP contribution in [0.1, 0.15) is 121 Å². The standard InChI is InChI=1S/C28H48N2O3/c1-2-3-4-5-6-7-8-9-10-11-12-13-14-15-16-17-20-32-25-28(23-31)33-24-26-18-19-27(21-29)30-22-26/h18-19,22,28,31H,2-17,20,23-25H2,1H3/t28-/m0/s1. The second-order valence-corrected chi connectivity index (χ2v) is 9.16. The molecule has 0 aromatic carbocycles. The molecule has 0 bridgehead atoms. The topological polar surface area (TPSA) is 75.4 Å². The quantitative estimate of drug-likeness (QED) is 0.176. The van der Waals surface area contributed by atoms with E-state index in [0.29, 0.717) is 18.9 Å². The summed E-state index contributed by atoms with van der Waals surface area (Å²) in [6.07, 6.45) is 23.1. The first-order chi connectivity index (χ1) is 16.3. The van der Waals surface area contributed by atoms with Crippen molar-refractivity contribution in [3.8, 4) is 6.07 Å². The fourth-order valence-corrected chi connectivity index (χ4v) is 3.91. The molecule has 5 nitrogen and oxygen atoms in total. The molecule has 0 saturated heterocycles. The van der Waals surface area contributed by atoms with E-state index in [1.54, 1.807) is 12.3 Å². The van der Waals surface area contributed by atoms with E-state index in [2.05, 4.69) is 11.9 Å². The van der Waals surface area contributed by atoms with Crippen LogP contribution in [-0.2, 0) is 16.1 Å². The maximum absolute atomic E-state index is 9.47. The first-order valence-corrected chi connectivity index (χ1v) is 13.4. The van der Waals surface area contributed by atoms with Gasteiger partial charge >= 0.3 is 0 Å². The number of hydrogen-bond donors (Lipinski definition) is 1. The first kappa shape index (κ1) is 29.6. The number of hydrogen-bond acceptors (Lipinski definition) is 5. The molecule has 0 unspecified atom stereocenters. The minimum Gasteiger partial charge on any atom is -0.394 e. The molecule has 0 aliphatic heterocycles. The molecule has 0 amide bonds. The van der Waals surface area contributed by atoms with Crippen LogP contribution >= 0.6 is 0 Å². The Labute approximate surface area is 202 Å². The van der Waals surface area contributed by atoms with Crippen LogP contribution in [-0.4, -0.2) is 36.0 Å². The van der Waals surface area contributed by atoms with Gasteiger partial charge in [-0.15, -0.1) is 0 Å². The minimum atomic E-state index is -0.332. The fourth-order valence-electron chi connectivity index (χ4n) is 3.91. The van der Waals surface area contributed by atoms with Gasteiger partial charge in [-0.2, -0.15) is 5.26 Å². The molecule has 0 aliphatic carbocycles. The Balaban J connectivity index is 1.84. The maximum atomic E-state index is 9.47. The largest absolute Gasteiger partial charge is 0.394 e. The van der Waals surface area contributed by atoms with Crippen molar-refractivity contribution in [2.45, 2.75) is 122 Å². The van der Waals surface area contributed by atoms with Crippen LogP contribution in [0.4, 0.5) is 0 Å². The lowest BCUT2D eigenvalue weighted by Crippen LogP contribution is -2.24. The number of aliphatic hydroxyl groups is 1. The Hall–Kier alpha value is -1.48. The van der Waals surface area contributed by atoms with Gasteiger partial charge in [-0.1, -0.05) is 109 Å². The highest BCUT2D eigenvalue weighted by atomic mass is 16.5. The molecule has 1 atom stereocenters. The van der Waals surface area contributed by atoms with E-state index in [0.717, 1.165) is 18.6 Å². The molecule has 5 heteroatoms. The number of pyridine rings is 1. The highest BCUT2D eigenvalue weighted by Gasteiger charge is 2.08. The third kappa shape index (κ3) is 17.6. The van der Waals surface area contributed by atoms with E-state index in [4.69, 9.17) is 14.7 Å². The number of unbranched alkanes of at least 4 members (excludes halogenated alkanes) is 15. The van der Waals surface area contributed by atoms with Crippen LogP contribution in [0, 0.1) is 11.3 Å². The Morgan fingerprint density at radius 1 is 0.848 bits per heavy atom. The zero-order chi connectivity index (χ0) is 23.8. The van der Waals surface area contributed by atoms with Crippen LogP contribution in [0.15, 0.2) is 18.3 Å². The van der Waals surface area contributed by atoms with Gasteiger partial charge in [-0.3, -0.25) is 0 Å². The summed E-state index contributed by atoms with van der Waals surface area (Å²) in [7, 11) is 0. The van der Waals surface area contributed by atoms with Crippen molar-refractivity contribution in [1.82, 2.24) is 4.98 Å². The summed E-state index contributed by atoms with van der Waals surface area (Å²) in [5.41, 5.74) is 1.27. The zero-order valence-electron chi connectivity index (χ0n) is 21.1. The van der Waals surface area contributed by atoms with Crippen molar-refractivity contribution in [3.05, 3.63) is 29.6 Å². The van der Waals surface area contributed by atoms with Gasteiger partial charge in [0.1, 0.15) is 17.9 Å². The Bertz CT molecular complexity index is 586. The van der Waals surface area contributed by atoms with Crippen molar-refractivity contribution in [2.75, 3.05) is 19.8 Å². The van der Waals surface area contributed by atoms with Crippen LogP contribution in [0.5, 0.6) is 0 Å². The van der Waals surface area contributed by atoms with E-state index < -0.39 is 0 Å². The summed E-state index contributed by atoms with van der Waals surface area (Å²) in [5.74, 6) is 0. The predicted octanol–water partition coefficient (Wildman–Crippen LogP) is 7.11. The average Bonchev–Trinajstić information content (AvgIpc) is 2.85. The molecule has 0 aliphatic rings. The van der Waals surface area contributed by atoms with E-state index in [1.165, 1.54) is 96.3 Å². The molecule has 1 heterocycles. The molecule has 1 aromatic rings. The molecule has 0 saturated carbocycles. The van der Waals surface area contributed by atoms with Gasteiger partial charge in [0.15, 0.2) is 0 Å². The fraction of sp³-hybridized carbons (Fsp3) is 0.786. The average molecular weight is 461 g/mol. The van der Waals surface area contributed by atoms with Crippen LogP contribution in [0.2, 0.25) is 0 Å². The first-order valence-electron chi connectivity index (χ1n) is 13.4. The van der Waals surface area contributed by atoms with Gasteiger partial charge in [-0.05, 0) is 18.1 Å². The monoisotopic (exact) mass is 460 g/mol. The maximum Gasteiger partial charge on any atom is 0.140 e. The molecule has 0 radical (unpaired) electrons. The number of rotatable bonds is 23. The van der Waals surface area contributed by atoms with E-state index in [1.807, 2.05) is 12.1 Å². The summed E-state index contributed by atoms with van der Waals surface area (Å²) >= 11 is 0. The van der Waals surface area contributed by atoms with E-state index >= 15 is 0 Å². The smallest absolute Gasteiger partial charge is 0.140 e. The molecular formula is C28H48N2O3. The molecule has 1 rings (SSSR count). The van der Waals surface area contributed by atoms with Crippen LogP contribution in [0.3, 0.4) is 0 Å². The normalized spacial score (nSPS) is 12.0. The zero-order valence-corrected chi connectivity index (χ0v) is 21.1. The van der Waals surface area contributed by atoms with Crippen molar-refractivity contribution in [3.63, 3.8) is 0 Å². The number of nitrogens with zero attached hydrogens (tertiary/aromatic N) is 2. The van der Waals surface area contributed by atoms with E-state index in [-0.39, 0.29) is 12.7 Å². The van der Waals surface area contributed by atoms with Crippen molar-refractivity contribution < 1.29 is 14.6 Å². The number of nitriles is 1. The second kappa shape index (κ2) is 22.3. The van der Waals surface area contributed by atoms with Crippen molar-refractivity contribution >= 4 is 0 Å². The van der Waals surface area contributed by atoms with Gasteiger partial charge in [0.2, 0.25) is 0 Å². The highest BCUT2D eigenvalue weighted by molar-refractivity contribution is 5.22. The van der Waals surface area contributed by atoms with Crippen LogP contribution in [0.25, 0.3) is 0 Å². The van der Waals surface area contributed by atoms with Gasteiger partial charge in [0.05, 0.1) is 19.8 Å². The van der Waals surface area contributed by atoms with E-state index in [9.17, 15) is 5.11 Å². The van der Waals surface area contributed by atoms with Gasteiger partial charge in [0.25, 0.3) is 0 Å². The molecular weight excluding hydrogens is 412 g/mol. The molecule has 1 aromatic heterocycles. The highest BCUT2D eigenvalue weighted by Crippen LogP contribution is 2.14. The lowest BCUT2D eigenvalue weighted by atomic mass is 10.0. The van der Waals surface area contributed by atoms with Gasteiger partial charge < -0.3 is 14.6 Å². The summed E-state index contributed by atoms with van der Waals surface area (Å²) in [6.45, 7) is 3.69. The van der Waals surface area contributed by atoms with Crippen LogP contribution < -0.4 is 0 Å². The lowest BCUT2D eigenvalue weighted by Gasteiger charge is -2.15. The van der Waals surface area contributed by atoms with Gasteiger partial charge in [0, 0.05) is 12.8 Å². The molecule has 188 valence electrons. The third-order valence-corrected chi connectivity index (χ3v) is 6.07. The molecule has 0 spiro atoms. The predicted molar refractivity (Wildman–Crippen MR) is 135 cm³/mol. The number of ether oxygens (including phenoxy) is 2. The minimum absolute atomic E-state index is 0.0668. The summed E-state index contributed by atoms with van der Waals surface area (Å²) < 4.78 is 11.4.